The first-order chi connectivity index (χ1) is 9.51. The van der Waals surface area contributed by atoms with Gasteiger partial charge in [0.1, 0.15) is 6.07 Å². The average molecular weight is 267 g/mol. The Morgan fingerprint density at radius 1 is 1.35 bits per heavy atom. The van der Waals surface area contributed by atoms with Crippen LogP contribution in [-0.4, -0.2) is 16.1 Å². The van der Waals surface area contributed by atoms with Crippen LogP contribution in [0.25, 0.3) is 0 Å². The summed E-state index contributed by atoms with van der Waals surface area (Å²) in [6.07, 6.45) is 0. The normalized spacial score (nSPS) is 9.85. The summed E-state index contributed by atoms with van der Waals surface area (Å²) in [4.78, 5) is 15.2. The average Bonchev–Trinajstić information content (AvgIpc) is 2.38. The van der Waals surface area contributed by atoms with Crippen molar-refractivity contribution in [2.45, 2.75) is 13.8 Å². The molecular formula is C15H13N3O2. The van der Waals surface area contributed by atoms with E-state index in [-0.39, 0.29) is 5.56 Å². The lowest BCUT2D eigenvalue weighted by Gasteiger charge is -2.11. The van der Waals surface area contributed by atoms with Crippen molar-refractivity contribution in [3.8, 4) is 6.07 Å². The van der Waals surface area contributed by atoms with Gasteiger partial charge in [-0.25, -0.2) is 4.79 Å². The zero-order valence-corrected chi connectivity index (χ0v) is 11.1. The molecule has 1 aromatic carbocycles. The van der Waals surface area contributed by atoms with E-state index >= 15 is 0 Å². The monoisotopic (exact) mass is 267 g/mol. The van der Waals surface area contributed by atoms with E-state index in [9.17, 15) is 10.1 Å². The van der Waals surface area contributed by atoms with Gasteiger partial charge in [0.2, 0.25) is 0 Å². The highest BCUT2D eigenvalue weighted by Crippen LogP contribution is 2.23. The van der Waals surface area contributed by atoms with E-state index in [4.69, 9.17) is 5.11 Å². The van der Waals surface area contributed by atoms with Gasteiger partial charge in [0.15, 0.2) is 0 Å². The third-order valence-corrected chi connectivity index (χ3v) is 2.83. The van der Waals surface area contributed by atoms with Gasteiger partial charge in [-0.15, -0.1) is 0 Å². The molecule has 2 N–H and O–H groups in total. The summed E-state index contributed by atoms with van der Waals surface area (Å²) < 4.78 is 0. The van der Waals surface area contributed by atoms with Gasteiger partial charge < -0.3 is 10.4 Å². The number of carbonyl (C=O) groups is 1. The molecule has 5 nitrogen and oxygen atoms in total. The zero-order valence-electron chi connectivity index (χ0n) is 11.1. The summed E-state index contributed by atoms with van der Waals surface area (Å²) in [5.74, 6) is -0.990. The molecule has 0 aliphatic heterocycles. The lowest BCUT2D eigenvalue weighted by Crippen LogP contribution is -2.01. The van der Waals surface area contributed by atoms with Gasteiger partial charge in [-0.1, -0.05) is 6.07 Å². The fourth-order valence-corrected chi connectivity index (χ4v) is 1.95. The van der Waals surface area contributed by atoms with Crippen molar-refractivity contribution in [3.63, 3.8) is 0 Å². The lowest BCUT2D eigenvalue weighted by molar-refractivity contribution is 0.0697. The van der Waals surface area contributed by atoms with Crippen LogP contribution in [0.5, 0.6) is 0 Å². The molecule has 5 heteroatoms. The molecule has 0 fully saturated rings. The number of aromatic carboxylic acids is 1. The lowest BCUT2D eigenvalue weighted by atomic mass is 10.1. The van der Waals surface area contributed by atoms with E-state index in [1.807, 2.05) is 6.92 Å². The molecule has 2 rings (SSSR count). The Morgan fingerprint density at radius 3 is 2.75 bits per heavy atom. The number of hydrogen-bond donors (Lipinski definition) is 2. The van der Waals surface area contributed by atoms with Crippen molar-refractivity contribution in [1.82, 2.24) is 4.98 Å². The first kappa shape index (κ1) is 13.6. The van der Waals surface area contributed by atoms with E-state index in [1.54, 1.807) is 25.1 Å². The van der Waals surface area contributed by atoms with Gasteiger partial charge in [0, 0.05) is 11.4 Å². The number of aryl methyl sites for hydroxylation is 2. The molecular weight excluding hydrogens is 254 g/mol. The quantitative estimate of drug-likeness (QED) is 0.892. The molecule has 2 aromatic rings. The number of hydrogen-bond acceptors (Lipinski definition) is 4. The molecule has 0 saturated carbocycles. The Morgan fingerprint density at radius 2 is 2.10 bits per heavy atom. The molecule has 100 valence electrons. The van der Waals surface area contributed by atoms with Gasteiger partial charge in [-0.2, -0.15) is 5.26 Å². The largest absolute Gasteiger partial charge is 0.478 e. The second-order valence-corrected chi connectivity index (χ2v) is 4.39. The molecule has 0 amide bonds. The van der Waals surface area contributed by atoms with Crippen LogP contribution < -0.4 is 5.32 Å². The number of carboxylic acids is 1. The predicted molar refractivity (Wildman–Crippen MR) is 75.1 cm³/mol. The topological polar surface area (TPSA) is 86.0 Å². The van der Waals surface area contributed by atoms with Crippen LogP contribution in [0.15, 0.2) is 30.3 Å². The van der Waals surface area contributed by atoms with Gasteiger partial charge >= 0.3 is 5.97 Å². The summed E-state index contributed by atoms with van der Waals surface area (Å²) in [6, 6.07) is 10.3. The summed E-state index contributed by atoms with van der Waals surface area (Å²) in [6.45, 7) is 3.61. The highest BCUT2D eigenvalue weighted by molar-refractivity contribution is 5.89. The van der Waals surface area contributed by atoms with Crippen molar-refractivity contribution in [3.05, 3.63) is 52.8 Å². The number of anilines is 2. The molecule has 1 heterocycles. The molecule has 0 spiro atoms. The number of nitriles is 1. The summed E-state index contributed by atoms with van der Waals surface area (Å²) in [5, 5.41) is 21.2. The second kappa shape index (κ2) is 5.41. The van der Waals surface area contributed by atoms with Crippen molar-refractivity contribution in [1.29, 1.82) is 5.26 Å². The van der Waals surface area contributed by atoms with Gasteiger partial charge in [-0.05, 0) is 38.1 Å². The van der Waals surface area contributed by atoms with Crippen LogP contribution in [0, 0.1) is 25.2 Å². The first-order valence-electron chi connectivity index (χ1n) is 6.00. The Bertz CT molecular complexity index is 718. The standard InChI is InChI=1S/C15H13N3O2/c1-9-6-14(13(8-16)10(2)17-9)18-12-5-3-4-11(7-12)15(19)20/h3-7H,1-2H3,(H,17,18)(H,19,20). The number of benzene rings is 1. The number of aromatic nitrogens is 1. The minimum Gasteiger partial charge on any atom is -0.478 e. The molecule has 0 bridgehead atoms. The maximum atomic E-state index is 10.9. The molecule has 20 heavy (non-hydrogen) atoms. The molecule has 0 aliphatic carbocycles. The summed E-state index contributed by atoms with van der Waals surface area (Å²) in [5.41, 5.74) is 3.32. The number of carboxylic acid groups (broad SMARTS) is 1. The SMILES string of the molecule is Cc1cc(Nc2cccc(C(=O)O)c2)c(C#N)c(C)n1. The van der Waals surface area contributed by atoms with E-state index in [0.717, 1.165) is 5.69 Å². The van der Waals surface area contributed by atoms with Crippen LogP contribution in [0.4, 0.5) is 11.4 Å². The van der Waals surface area contributed by atoms with Crippen LogP contribution >= 0.6 is 0 Å². The van der Waals surface area contributed by atoms with E-state index < -0.39 is 5.97 Å². The Kier molecular flexibility index (Phi) is 3.67. The second-order valence-electron chi connectivity index (χ2n) is 4.39. The third-order valence-electron chi connectivity index (χ3n) is 2.83. The van der Waals surface area contributed by atoms with Gasteiger partial charge in [-0.3, -0.25) is 4.98 Å². The Labute approximate surface area is 116 Å². The minimum absolute atomic E-state index is 0.191. The van der Waals surface area contributed by atoms with Crippen LogP contribution in [-0.2, 0) is 0 Å². The minimum atomic E-state index is -0.990. The number of pyridine rings is 1. The zero-order chi connectivity index (χ0) is 14.7. The van der Waals surface area contributed by atoms with Crippen LogP contribution in [0.3, 0.4) is 0 Å². The molecule has 0 aliphatic rings. The Hall–Kier alpha value is -2.87. The van der Waals surface area contributed by atoms with Gasteiger partial charge in [0.25, 0.3) is 0 Å². The molecule has 0 unspecified atom stereocenters. The van der Waals surface area contributed by atoms with E-state index in [2.05, 4.69) is 16.4 Å². The number of nitrogens with zero attached hydrogens (tertiary/aromatic N) is 2. The Balaban J connectivity index is 2.42. The number of nitrogens with one attached hydrogen (secondary N) is 1. The smallest absolute Gasteiger partial charge is 0.335 e. The molecule has 0 saturated heterocycles. The highest BCUT2D eigenvalue weighted by atomic mass is 16.4. The first-order valence-corrected chi connectivity index (χ1v) is 6.00. The summed E-state index contributed by atoms with van der Waals surface area (Å²) in [7, 11) is 0. The van der Waals surface area contributed by atoms with Gasteiger partial charge in [0.05, 0.1) is 22.5 Å². The van der Waals surface area contributed by atoms with E-state index in [1.165, 1.54) is 12.1 Å². The number of rotatable bonds is 3. The maximum Gasteiger partial charge on any atom is 0.335 e. The van der Waals surface area contributed by atoms with Crippen molar-refractivity contribution in [2.24, 2.45) is 0 Å². The maximum absolute atomic E-state index is 10.9. The summed E-state index contributed by atoms with van der Waals surface area (Å²) >= 11 is 0. The van der Waals surface area contributed by atoms with Crippen LogP contribution in [0.1, 0.15) is 27.3 Å². The fraction of sp³-hybridized carbons (Fsp3) is 0.133. The molecule has 0 radical (unpaired) electrons. The van der Waals surface area contributed by atoms with Crippen LogP contribution in [0.2, 0.25) is 0 Å². The fourth-order valence-electron chi connectivity index (χ4n) is 1.95. The highest BCUT2D eigenvalue weighted by Gasteiger charge is 2.09. The van der Waals surface area contributed by atoms with Crippen molar-refractivity contribution >= 4 is 17.3 Å². The molecule has 0 atom stereocenters. The molecule has 1 aromatic heterocycles. The third kappa shape index (κ3) is 2.75. The van der Waals surface area contributed by atoms with E-state index in [0.29, 0.717) is 22.6 Å². The van der Waals surface area contributed by atoms with Crippen molar-refractivity contribution in [2.75, 3.05) is 5.32 Å². The predicted octanol–water partition coefficient (Wildman–Crippen LogP) is 3.01. The van der Waals surface area contributed by atoms with Crippen molar-refractivity contribution < 1.29 is 9.90 Å².